The lowest BCUT2D eigenvalue weighted by atomic mass is 9.94. The largest absolute Gasteiger partial charge is 0.497 e. The van der Waals surface area contributed by atoms with Crippen molar-refractivity contribution in [2.45, 2.75) is 82.9 Å². The van der Waals surface area contributed by atoms with E-state index in [0.29, 0.717) is 11.3 Å². The molecular formula is C31H41N3O8. The molecule has 1 heterocycles. The zero-order valence-electron chi connectivity index (χ0n) is 24.9. The number of aliphatic hydroxyl groups is 1. The van der Waals surface area contributed by atoms with Crippen LogP contribution in [0.1, 0.15) is 45.7 Å². The van der Waals surface area contributed by atoms with Crippen molar-refractivity contribution in [1.82, 2.24) is 16.0 Å². The average molecular weight is 584 g/mol. The molecule has 11 nitrogen and oxygen atoms in total. The Kier molecular flexibility index (Phi) is 10.7. The van der Waals surface area contributed by atoms with Crippen molar-refractivity contribution >= 4 is 23.7 Å². The van der Waals surface area contributed by atoms with E-state index in [2.05, 4.69) is 16.0 Å². The minimum absolute atomic E-state index is 0.0561. The Labute approximate surface area is 246 Å². The van der Waals surface area contributed by atoms with Crippen molar-refractivity contribution < 1.29 is 38.5 Å². The molecule has 2 aromatic rings. The van der Waals surface area contributed by atoms with Crippen LogP contribution in [0.15, 0.2) is 54.6 Å². The van der Waals surface area contributed by atoms with E-state index in [4.69, 9.17) is 14.2 Å². The van der Waals surface area contributed by atoms with Crippen LogP contribution in [-0.4, -0.2) is 77.9 Å². The minimum Gasteiger partial charge on any atom is -0.497 e. The fourth-order valence-corrected chi connectivity index (χ4v) is 4.26. The number of hydrogen-bond acceptors (Lipinski definition) is 8. The number of ketones is 1. The summed E-state index contributed by atoms with van der Waals surface area (Å²) >= 11 is 0. The highest BCUT2D eigenvalue weighted by molar-refractivity contribution is 5.98. The summed E-state index contributed by atoms with van der Waals surface area (Å²) in [6.45, 7) is 8.26. The summed E-state index contributed by atoms with van der Waals surface area (Å²) in [5, 5.41) is 18.1. The van der Waals surface area contributed by atoms with E-state index in [-0.39, 0.29) is 25.2 Å². The summed E-state index contributed by atoms with van der Waals surface area (Å²) in [6, 6.07) is 12.7. The van der Waals surface area contributed by atoms with Crippen LogP contribution in [0.25, 0.3) is 0 Å². The fraction of sp³-hybridized carbons (Fsp3) is 0.484. The molecule has 0 aliphatic carbocycles. The maximum absolute atomic E-state index is 13.7. The van der Waals surface area contributed by atoms with E-state index in [1.165, 1.54) is 14.0 Å². The van der Waals surface area contributed by atoms with Crippen LogP contribution in [0.4, 0.5) is 4.79 Å². The predicted octanol–water partition coefficient (Wildman–Crippen LogP) is 2.08. The van der Waals surface area contributed by atoms with Crippen molar-refractivity contribution in [3.05, 3.63) is 65.7 Å². The lowest BCUT2D eigenvalue weighted by molar-refractivity contribution is -0.134. The van der Waals surface area contributed by atoms with Crippen LogP contribution >= 0.6 is 0 Å². The molecule has 1 aliphatic rings. The number of carbonyl (C=O) groups excluding carboxylic acids is 4. The number of benzene rings is 2. The van der Waals surface area contributed by atoms with Gasteiger partial charge in [-0.05, 0) is 64.3 Å². The second-order valence-electron chi connectivity index (χ2n) is 11.6. The van der Waals surface area contributed by atoms with Crippen LogP contribution in [0.2, 0.25) is 0 Å². The zero-order chi connectivity index (χ0) is 31.1. The first kappa shape index (κ1) is 32.6. The smallest absolute Gasteiger partial charge is 0.408 e. The number of rotatable bonds is 13. The van der Waals surface area contributed by atoms with Gasteiger partial charge in [0.25, 0.3) is 0 Å². The van der Waals surface area contributed by atoms with E-state index in [9.17, 15) is 24.3 Å². The number of hydrogen-bond donors (Lipinski definition) is 4. The first-order valence-electron chi connectivity index (χ1n) is 13.8. The molecule has 5 atom stereocenters. The molecule has 0 radical (unpaired) electrons. The van der Waals surface area contributed by atoms with Gasteiger partial charge in [-0.1, -0.05) is 42.5 Å². The van der Waals surface area contributed by atoms with E-state index in [1.807, 2.05) is 30.3 Å². The summed E-state index contributed by atoms with van der Waals surface area (Å²) in [6.07, 6.45) is -1.92. The molecule has 0 spiro atoms. The summed E-state index contributed by atoms with van der Waals surface area (Å²) in [4.78, 5) is 52.8. The molecule has 1 saturated heterocycles. The predicted molar refractivity (Wildman–Crippen MR) is 155 cm³/mol. The molecule has 11 heteroatoms. The number of Topliss-reactive ketones (excluding diaryl/α,β-unsaturated/α-hetero) is 1. The molecule has 1 aliphatic heterocycles. The molecule has 0 bridgehead atoms. The van der Waals surface area contributed by atoms with Gasteiger partial charge in [0.2, 0.25) is 11.8 Å². The second-order valence-corrected chi connectivity index (χ2v) is 11.6. The zero-order valence-corrected chi connectivity index (χ0v) is 24.9. The first-order chi connectivity index (χ1) is 19.7. The SMILES string of the molecule is COc1ccc(C[C@H](NC(=O)[C@@H](NC(=O)OC(C)(C)C)[C@H](C)O)C(=O)NC(Cc2ccccc2)C(=O)[C@@]2(C)CO2)cc1. The molecule has 4 N–H and O–H groups in total. The maximum atomic E-state index is 13.7. The van der Waals surface area contributed by atoms with Crippen LogP contribution < -0.4 is 20.7 Å². The number of nitrogens with one attached hydrogen (secondary N) is 3. The lowest BCUT2D eigenvalue weighted by Gasteiger charge is -2.28. The molecule has 3 amide bonds. The van der Waals surface area contributed by atoms with Gasteiger partial charge in [0, 0.05) is 6.42 Å². The van der Waals surface area contributed by atoms with Crippen molar-refractivity contribution in [2.24, 2.45) is 0 Å². The molecule has 1 unspecified atom stereocenters. The third-order valence-electron chi connectivity index (χ3n) is 6.68. The first-order valence-corrected chi connectivity index (χ1v) is 13.8. The number of epoxide rings is 1. The van der Waals surface area contributed by atoms with Gasteiger partial charge in [-0.15, -0.1) is 0 Å². The van der Waals surface area contributed by atoms with E-state index in [0.717, 1.165) is 5.56 Å². The monoisotopic (exact) mass is 583 g/mol. The fourth-order valence-electron chi connectivity index (χ4n) is 4.26. The molecule has 2 aromatic carbocycles. The Morgan fingerprint density at radius 3 is 1.98 bits per heavy atom. The van der Waals surface area contributed by atoms with Crippen molar-refractivity contribution in [2.75, 3.05) is 13.7 Å². The van der Waals surface area contributed by atoms with Crippen molar-refractivity contribution in [3.63, 3.8) is 0 Å². The van der Waals surface area contributed by atoms with Crippen molar-refractivity contribution in [1.29, 1.82) is 0 Å². The Morgan fingerprint density at radius 2 is 1.45 bits per heavy atom. The highest BCUT2D eigenvalue weighted by atomic mass is 16.6. The summed E-state index contributed by atoms with van der Waals surface area (Å²) in [5.74, 6) is -1.07. The van der Waals surface area contributed by atoms with Gasteiger partial charge in [0.05, 0.1) is 25.9 Å². The maximum Gasteiger partial charge on any atom is 0.408 e. The summed E-state index contributed by atoms with van der Waals surface area (Å²) < 4.78 is 15.8. The molecular weight excluding hydrogens is 542 g/mol. The molecule has 42 heavy (non-hydrogen) atoms. The quantitative estimate of drug-likeness (QED) is 0.261. The Balaban J connectivity index is 1.85. The van der Waals surface area contributed by atoms with Crippen LogP contribution in [0.5, 0.6) is 5.75 Å². The Hall–Kier alpha value is -3.96. The highest BCUT2D eigenvalue weighted by Gasteiger charge is 2.50. The highest BCUT2D eigenvalue weighted by Crippen LogP contribution is 2.29. The van der Waals surface area contributed by atoms with Gasteiger partial charge in [0.1, 0.15) is 29.0 Å². The average Bonchev–Trinajstić information content (AvgIpc) is 3.68. The van der Waals surface area contributed by atoms with Gasteiger partial charge in [0.15, 0.2) is 5.78 Å². The van der Waals surface area contributed by atoms with Gasteiger partial charge < -0.3 is 35.3 Å². The standard InChI is InChI=1S/C31H41N3O8/c1-19(35)25(34-29(39)42-30(2,3)4)28(38)33-24(17-21-12-14-22(40-6)15-13-21)27(37)32-23(26(36)31(5)18-41-31)16-20-10-8-7-9-11-20/h7-15,19,23-25,35H,16-18H2,1-6H3,(H,32,37)(H,33,38)(H,34,39)/t19-,23?,24-,25-,31+/m0/s1. The number of amides is 3. The molecule has 228 valence electrons. The number of methoxy groups -OCH3 is 1. The van der Waals surface area contributed by atoms with Crippen molar-refractivity contribution in [3.8, 4) is 5.75 Å². The molecule has 0 saturated carbocycles. The number of aliphatic hydroxyl groups excluding tert-OH is 1. The Bertz CT molecular complexity index is 1240. The molecule has 0 aromatic heterocycles. The third-order valence-corrected chi connectivity index (χ3v) is 6.68. The number of alkyl carbamates (subject to hydrolysis) is 1. The third kappa shape index (κ3) is 9.56. The second kappa shape index (κ2) is 13.8. The Morgan fingerprint density at radius 1 is 0.905 bits per heavy atom. The van der Waals surface area contributed by atoms with Gasteiger partial charge in [-0.2, -0.15) is 0 Å². The van der Waals surface area contributed by atoms with Crippen LogP contribution in [0.3, 0.4) is 0 Å². The molecule has 3 rings (SSSR count). The number of carbonyl (C=O) groups is 4. The van der Waals surface area contributed by atoms with Gasteiger partial charge in [-0.3, -0.25) is 14.4 Å². The summed E-state index contributed by atoms with van der Waals surface area (Å²) in [5.41, 5.74) is -0.279. The summed E-state index contributed by atoms with van der Waals surface area (Å²) in [7, 11) is 1.54. The molecule has 1 fully saturated rings. The lowest BCUT2D eigenvalue weighted by Crippen LogP contribution is -2.59. The normalized spacial score (nSPS) is 18.9. The van der Waals surface area contributed by atoms with Crippen LogP contribution in [-0.2, 0) is 36.7 Å². The minimum atomic E-state index is -1.41. The van der Waals surface area contributed by atoms with E-state index >= 15 is 0 Å². The van der Waals surface area contributed by atoms with E-state index < -0.39 is 53.3 Å². The van der Waals surface area contributed by atoms with Crippen LogP contribution in [0, 0.1) is 0 Å². The van der Waals surface area contributed by atoms with Gasteiger partial charge >= 0.3 is 6.09 Å². The van der Waals surface area contributed by atoms with E-state index in [1.54, 1.807) is 52.0 Å². The topological polar surface area (TPSA) is 156 Å². The van der Waals surface area contributed by atoms with Gasteiger partial charge in [-0.25, -0.2) is 4.79 Å². The number of ether oxygens (including phenoxy) is 3.